The second-order valence-electron chi connectivity index (χ2n) is 8.54. The summed E-state index contributed by atoms with van der Waals surface area (Å²) in [4.78, 5) is 0. The van der Waals surface area contributed by atoms with Gasteiger partial charge in [0, 0.05) is 0 Å². The van der Waals surface area contributed by atoms with Crippen LogP contribution in [0.5, 0.6) is 0 Å². The van der Waals surface area contributed by atoms with Gasteiger partial charge in [0.2, 0.25) is 0 Å². The van der Waals surface area contributed by atoms with Crippen molar-refractivity contribution in [2.45, 2.75) is 147 Å². The Morgan fingerprint density at radius 3 is 1.39 bits per heavy atom. The van der Waals surface area contributed by atoms with Gasteiger partial charge >= 0.3 is 0 Å². The van der Waals surface area contributed by atoms with E-state index in [1.807, 2.05) is 6.92 Å². The average Bonchev–Trinajstić information content (AvgIpc) is 2.64. The van der Waals surface area contributed by atoms with Gasteiger partial charge < -0.3 is 5.11 Å². The Morgan fingerprint density at radius 2 is 0.929 bits per heavy atom. The lowest BCUT2D eigenvalue weighted by molar-refractivity contribution is 0.147. The standard InChI is InChI=1S/C23H48O4S/c1-3-5-7-8-9-10-11-12-13-15-18-22(24)19-16-14-17-21-23(20-6-4-2)28(25,26)27/h22-24H,3-21H2,1-2H3,(H,25,26,27). The minimum Gasteiger partial charge on any atom is -0.393 e. The van der Waals surface area contributed by atoms with E-state index in [-0.39, 0.29) is 6.10 Å². The highest BCUT2D eigenvalue weighted by molar-refractivity contribution is 7.86. The predicted molar refractivity (Wildman–Crippen MR) is 120 cm³/mol. The van der Waals surface area contributed by atoms with Gasteiger partial charge in [-0.3, -0.25) is 4.55 Å². The molecular weight excluding hydrogens is 372 g/mol. The molecule has 0 aliphatic rings. The molecule has 0 aliphatic carbocycles. The molecule has 0 saturated heterocycles. The molecule has 0 aromatic heterocycles. The topological polar surface area (TPSA) is 74.6 Å². The van der Waals surface area contributed by atoms with E-state index in [0.29, 0.717) is 12.8 Å². The van der Waals surface area contributed by atoms with Gasteiger partial charge in [-0.15, -0.1) is 0 Å². The smallest absolute Gasteiger partial charge is 0.267 e. The van der Waals surface area contributed by atoms with Crippen molar-refractivity contribution in [2.75, 3.05) is 0 Å². The molecule has 0 fully saturated rings. The number of hydrogen-bond donors (Lipinski definition) is 2. The van der Waals surface area contributed by atoms with Crippen LogP contribution < -0.4 is 0 Å². The maximum absolute atomic E-state index is 11.4. The zero-order valence-electron chi connectivity index (χ0n) is 18.7. The van der Waals surface area contributed by atoms with Crippen LogP contribution >= 0.6 is 0 Å². The monoisotopic (exact) mass is 420 g/mol. The Labute approximate surface area is 175 Å². The molecule has 0 aliphatic heterocycles. The summed E-state index contributed by atoms with van der Waals surface area (Å²) < 4.78 is 32.1. The molecule has 170 valence electrons. The number of unbranched alkanes of at least 4 members (excludes halogenated alkanes) is 12. The van der Waals surface area contributed by atoms with Crippen molar-refractivity contribution in [2.24, 2.45) is 0 Å². The van der Waals surface area contributed by atoms with Crippen LogP contribution in [0.2, 0.25) is 0 Å². The van der Waals surface area contributed by atoms with Crippen LogP contribution in [0.15, 0.2) is 0 Å². The molecule has 2 atom stereocenters. The van der Waals surface area contributed by atoms with Crippen molar-refractivity contribution in [3.8, 4) is 0 Å². The van der Waals surface area contributed by atoms with Crippen molar-refractivity contribution in [3.05, 3.63) is 0 Å². The highest BCUT2D eigenvalue weighted by Crippen LogP contribution is 2.18. The first-order chi connectivity index (χ1) is 13.4. The van der Waals surface area contributed by atoms with E-state index in [9.17, 15) is 18.1 Å². The van der Waals surface area contributed by atoms with E-state index in [0.717, 1.165) is 51.4 Å². The summed E-state index contributed by atoms with van der Waals surface area (Å²) in [5.74, 6) is 0. The zero-order valence-corrected chi connectivity index (χ0v) is 19.5. The van der Waals surface area contributed by atoms with E-state index in [1.165, 1.54) is 57.8 Å². The molecule has 0 heterocycles. The minimum absolute atomic E-state index is 0.216. The first-order valence-corrected chi connectivity index (χ1v) is 13.6. The molecule has 28 heavy (non-hydrogen) atoms. The normalized spacial score (nSPS) is 14.3. The molecule has 0 rings (SSSR count). The lowest BCUT2D eigenvalue weighted by Crippen LogP contribution is -2.20. The van der Waals surface area contributed by atoms with E-state index in [1.54, 1.807) is 0 Å². The van der Waals surface area contributed by atoms with Crippen LogP contribution in [0.4, 0.5) is 0 Å². The van der Waals surface area contributed by atoms with Crippen molar-refractivity contribution in [1.29, 1.82) is 0 Å². The Hall–Kier alpha value is -0.130. The molecule has 0 bridgehead atoms. The van der Waals surface area contributed by atoms with Gasteiger partial charge in [-0.2, -0.15) is 8.42 Å². The van der Waals surface area contributed by atoms with Crippen LogP contribution in [0, 0.1) is 0 Å². The lowest BCUT2D eigenvalue weighted by atomic mass is 10.0. The second-order valence-corrected chi connectivity index (χ2v) is 10.2. The van der Waals surface area contributed by atoms with Crippen LogP contribution in [-0.2, 0) is 10.1 Å². The Balaban J connectivity index is 3.53. The Morgan fingerprint density at radius 1 is 0.571 bits per heavy atom. The summed E-state index contributed by atoms with van der Waals surface area (Å²) in [5, 5.41) is 9.48. The first kappa shape index (κ1) is 27.9. The number of rotatable bonds is 21. The van der Waals surface area contributed by atoms with Gasteiger partial charge in [0.1, 0.15) is 0 Å². The molecule has 0 amide bonds. The van der Waals surface area contributed by atoms with Gasteiger partial charge in [0.25, 0.3) is 10.1 Å². The van der Waals surface area contributed by atoms with Crippen molar-refractivity contribution in [1.82, 2.24) is 0 Å². The van der Waals surface area contributed by atoms with Crippen LogP contribution in [0.25, 0.3) is 0 Å². The maximum Gasteiger partial charge on any atom is 0.267 e. The van der Waals surface area contributed by atoms with Crippen molar-refractivity contribution in [3.63, 3.8) is 0 Å². The third-order valence-corrected chi connectivity index (χ3v) is 7.07. The quantitative estimate of drug-likeness (QED) is 0.154. The number of hydrogen-bond acceptors (Lipinski definition) is 3. The molecule has 0 spiro atoms. The summed E-state index contributed by atoms with van der Waals surface area (Å²) in [6.45, 7) is 4.28. The largest absolute Gasteiger partial charge is 0.393 e. The molecule has 0 aromatic carbocycles. The molecule has 5 heteroatoms. The fourth-order valence-electron chi connectivity index (χ4n) is 3.81. The molecule has 0 aromatic rings. The van der Waals surface area contributed by atoms with Crippen molar-refractivity contribution < 1.29 is 18.1 Å². The second kappa shape index (κ2) is 18.9. The van der Waals surface area contributed by atoms with Gasteiger partial charge in [-0.1, -0.05) is 110 Å². The van der Waals surface area contributed by atoms with E-state index in [2.05, 4.69) is 6.92 Å². The fraction of sp³-hybridized carbons (Fsp3) is 1.00. The summed E-state index contributed by atoms with van der Waals surface area (Å²) in [7, 11) is -3.92. The lowest BCUT2D eigenvalue weighted by Gasteiger charge is -2.14. The van der Waals surface area contributed by atoms with E-state index in [4.69, 9.17) is 0 Å². The molecule has 0 radical (unpaired) electrons. The van der Waals surface area contributed by atoms with Crippen LogP contribution in [0.1, 0.15) is 136 Å². The summed E-state index contributed by atoms with van der Waals surface area (Å²) in [5.41, 5.74) is 0. The third kappa shape index (κ3) is 17.9. The molecule has 2 N–H and O–H groups in total. The van der Waals surface area contributed by atoms with Crippen LogP contribution in [-0.4, -0.2) is 29.4 Å². The molecule has 2 unspecified atom stereocenters. The van der Waals surface area contributed by atoms with Crippen molar-refractivity contribution >= 4 is 10.1 Å². The van der Waals surface area contributed by atoms with Crippen LogP contribution in [0.3, 0.4) is 0 Å². The summed E-state index contributed by atoms with van der Waals surface area (Å²) >= 11 is 0. The zero-order chi connectivity index (χ0) is 21.1. The molecule has 0 saturated carbocycles. The summed E-state index contributed by atoms with van der Waals surface area (Å²) in [6, 6.07) is 0. The van der Waals surface area contributed by atoms with Gasteiger partial charge in [0.05, 0.1) is 11.4 Å². The summed E-state index contributed by atoms with van der Waals surface area (Å²) in [6.07, 6.45) is 20.1. The van der Waals surface area contributed by atoms with Gasteiger partial charge in [-0.25, -0.2) is 0 Å². The SMILES string of the molecule is CCCCCCCCCCCCC(O)CCCCCC(CCCC)S(=O)(=O)O. The van der Waals surface area contributed by atoms with Gasteiger partial charge in [0.15, 0.2) is 0 Å². The molecule has 4 nitrogen and oxygen atoms in total. The maximum atomic E-state index is 11.4. The average molecular weight is 421 g/mol. The third-order valence-electron chi connectivity index (χ3n) is 5.76. The first-order valence-electron chi connectivity index (χ1n) is 12.1. The highest BCUT2D eigenvalue weighted by Gasteiger charge is 2.21. The Kier molecular flexibility index (Phi) is 18.8. The fourth-order valence-corrected chi connectivity index (χ4v) is 4.74. The van der Waals surface area contributed by atoms with Gasteiger partial charge in [-0.05, 0) is 25.7 Å². The molecular formula is C23H48O4S. The number of aliphatic hydroxyl groups is 1. The minimum atomic E-state index is -3.92. The Bertz CT molecular complexity index is 422. The highest BCUT2D eigenvalue weighted by atomic mass is 32.2. The van der Waals surface area contributed by atoms with E-state index < -0.39 is 15.4 Å². The van der Waals surface area contributed by atoms with E-state index >= 15 is 0 Å². The predicted octanol–water partition coefficient (Wildman–Crippen LogP) is 7.06. The number of aliphatic hydroxyl groups excluding tert-OH is 1.